The van der Waals surface area contributed by atoms with Gasteiger partial charge in [0.2, 0.25) is 0 Å². The zero-order chi connectivity index (χ0) is 11.7. The molecule has 0 spiro atoms. The Morgan fingerprint density at radius 3 is 2.44 bits per heavy atom. The summed E-state index contributed by atoms with van der Waals surface area (Å²) in [6, 6.07) is 6.49. The molecule has 2 nitrogen and oxygen atoms in total. The minimum atomic E-state index is -0.308. The van der Waals surface area contributed by atoms with Gasteiger partial charge in [0.05, 0.1) is 5.56 Å². The van der Waals surface area contributed by atoms with Crippen LogP contribution in [-0.2, 0) is 0 Å². The first-order valence-electron chi connectivity index (χ1n) is 4.85. The lowest BCUT2D eigenvalue weighted by Gasteiger charge is -2.06. The molecule has 0 aliphatic carbocycles. The summed E-state index contributed by atoms with van der Waals surface area (Å²) in [5, 5.41) is 0. The van der Waals surface area contributed by atoms with Gasteiger partial charge in [-0.1, -0.05) is 12.1 Å². The van der Waals surface area contributed by atoms with E-state index in [2.05, 4.69) is 25.9 Å². The van der Waals surface area contributed by atoms with E-state index in [0.29, 0.717) is 16.0 Å². The number of hydrogen-bond donors (Lipinski definition) is 0. The second kappa shape index (κ2) is 4.29. The third kappa shape index (κ3) is 1.97. The lowest BCUT2D eigenvalue weighted by atomic mass is 10.2. The van der Waals surface area contributed by atoms with Crippen LogP contribution in [0.2, 0.25) is 0 Å². The number of benzene rings is 1. The van der Waals surface area contributed by atoms with Gasteiger partial charge in [-0.05, 0) is 41.9 Å². The molecule has 0 N–H and O–H groups in total. The van der Waals surface area contributed by atoms with E-state index in [4.69, 9.17) is 0 Å². The highest BCUT2D eigenvalue weighted by molar-refractivity contribution is 9.10. The summed E-state index contributed by atoms with van der Waals surface area (Å²) in [5.74, 6) is 0.103. The first-order valence-corrected chi connectivity index (χ1v) is 5.64. The van der Waals surface area contributed by atoms with Crippen LogP contribution in [0.3, 0.4) is 0 Å². The maximum absolute atomic E-state index is 13.5. The number of aromatic nitrogens is 2. The van der Waals surface area contributed by atoms with Gasteiger partial charge in [0, 0.05) is 11.3 Å². The van der Waals surface area contributed by atoms with Gasteiger partial charge in [-0.3, -0.25) is 0 Å². The predicted molar refractivity (Wildman–Crippen MR) is 64.6 cm³/mol. The highest BCUT2D eigenvalue weighted by Crippen LogP contribution is 2.23. The summed E-state index contributed by atoms with van der Waals surface area (Å²) in [5.41, 5.74) is 2.24. The third-order valence-corrected chi connectivity index (χ3v) is 3.22. The summed E-state index contributed by atoms with van der Waals surface area (Å²) < 4.78 is 14.3. The van der Waals surface area contributed by atoms with E-state index in [0.717, 1.165) is 11.3 Å². The Morgan fingerprint density at radius 2 is 1.81 bits per heavy atom. The topological polar surface area (TPSA) is 25.8 Å². The van der Waals surface area contributed by atoms with Crippen LogP contribution in [0.4, 0.5) is 4.39 Å². The molecule has 0 saturated heterocycles. The molecule has 1 aromatic carbocycles. The van der Waals surface area contributed by atoms with Crippen molar-refractivity contribution < 1.29 is 4.39 Å². The fraction of sp³-hybridized carbons (Fsp3) is 0.167. The van der Waals surface area contributed by atoms with E-state index in [-0.39, 0.29) is 5.82 Å². The molecule has 82 valence electrons. The quantitative estimate of drug-likeness (QED) is 0.745. The molecule has 0 fully saturated rings. The van der Waals surface area contributed by atoms with Crippen molar-refractivity contribution in [3.63, 3.8) is 0 Å². The first-order chi connectivity index (χ1) is 7.59. The molecular formula is C12H10BrFN2. The molecule has 16 heavy (non-hydrogen) atoms. The molecule has 0 bridgehead atoms. The van der Waals surface area contributed by atoms with Crippen molar-refractivity contribution in [2.24, 2.45) is 0 Å². The molecule has 1 aromatic heterocycles. The second-order valence-corrected chi connectivity index (χ2v) is 4.28. The molecule has 1 heterocycles. The number of nitrogens with zero attached hydrogens (tertiary/aromatic N) is 2. The second-order valence-electron chi connectivity index (χ2n) is 3.53. The van der Waals surface area contributed by atoms with Crippen LogP contribution >= 0.6 is 15.9 Å². The van der Waals surface area contributed by atoms with Gasteiger partial charge in [0.25, 0.3) is 0 Å². The zero-order valence-electron chi connectivity index (χ0n) is 8.96. The lowest BCUT2D eigenvalue weighted by Crippen LogP contribution is -1.98. The summed E-state index contributed by atoms with van der Waals surface area (Å²) in [7, 11) is 0. The average molecular weight is 281 g/mol. The van der Waals surface area contributed by atoms with E-state index in [1.165, 1.54) is 6.07 Å². The number of halogens is 2. The SMILES string of the molecule is Cc1nc(-c2ccccc2F)nc(Br)c1C. The minimum absolute atomic E-state index is 0.308. The van der Waals surface area contributed by atoms with Gasteiger partial charge in [-0.25, -0.2) is 14.4 Å². The van der Waals surface area contributed by atoms with Crippen LogP contribution in [0.25, 0.3) is 11.4 Å². The Bertz CT molecular complexity index is 517. The maximum atomic E-state index is 13.5. The number of aryl methyl sites for hydroxylation is 1. The summed E-state index contributed by atoms with van der Waals surface area (Å²) in [6.45, 7) is 3.80. The third-order valence-electron chi connectivity index (χ3n) is 2.44. The predicted octanol–water partition coefficient (Wildman–Crippen LogP) is 3.66. The molecule has 0 amide bonds. The van der Waals surface area contributed by atoms with Crippen LogP contribution in [-0.4, -0.2) is 9.97 Å². The summed E-state index contributed by atoms with van der Waals surface area (Å²) in [4.78, 5) is 8.51. The van der Waals surface area contributed by atoms with Crippen molar-refractivity contribution in [2.75, 3.05) is 0 Å². The Labute approximate surface area is 102 Å². The van der Waals surface area contributed by atoms with Gasteiger partial charge in [0.15, 0.2) is 5.82 Å². The van der Waals surface area contributed by atoms with Crippen molar-refractivity contribution in [1.29, 1.82) is 0 Å². The van der Waals surface area contributed by atoms with Gasteiger partial charge in [0.1, 0.15) is 10.4 Å². The summed E-state index contributed by atoms with van der Waals surface area (Å²) in [6.07, 6.45) is 0. The molecular weight excluding hydrogens is 271 g/mol. The highest BCUT2D eigenvalue weighted by atomic mass is 79.9. The van der Waals surface area contributed by atoms with Crippen molar-refractivity contribution in [2.45, 2.75) is 13.8 Å². The largest absolute Gasteiger partial charge is 0.233 e. The molecule has 0 unspecified atom stereocenters. The van der Waals surface area contributed by atoms with Crippen molar-refractivity contribution in [1.82, 2.24) is 9.97 Å². The standard InChI is InChI=1S/C12H10BrFN2/c1-7-8(2)15-12(16-11(7)13)9-5-3-4-6-10(9)14/h3-6H,1-2H3. The average Bonchev–Trinajstić information content (AvgIpc) is 2.26. The smallest absolute Gasteiger partial charge is 0.163 e. The van der Waals surface area contributed by atoms with Crippen molar-refractivity contribution >= 4 is 15.9 Å². The Balaban J connectivity index is 2.62. The Hall–Kier alpha value is -1.29. The molecule has 0 aliphatic heterocycles. The fourth-order valence-electron chi connectivity index (χ4n) is 1.36. The van der Waals surface area contributed by atoms with Gasteiger partial charge in [-0.2, -0.15) is 0 Å². The molecule has 0 radical (unpaired) electrons. The Kier molecular flexibility index (Phi) is 3.01. The highest BCUT2D eigenvalue weighted by Gasteiger charge is 2.10. The number of hydrogen-bond acceptors (Lipinski definition) is 2. The maximum Gasteiger partial charge on any atom is 0.163 e. The Morgan fingerprint density at radius 1 is 1.12 bits per heavy atom. The normalized spacial score (nSPS) is 10.5. The van der Waals surface area contributed by atoms with Crippen LogP contribution in [0.1, 0.15) is 11.3 Å². The molecule has 2 rings (SSSR count). The van der Waals surface area contributed by atoms with Crippen molar-refractivity contribution in [3.05, 3.63) is 45.9 Å². The monoisotopic (exact) mass is 280 g/mol. The first kappa shape index (κ1) is 11.2. The van der Waals surface area contributed by atoms with Crippen LogP contribution in [0.5, 0.6) is 0 Å². The van der Waals surface area contributed by atoms with E-state index >= 15 is 0 Å². The van der Waals surface area contributed by atoms with Crippen LogP contribution in [0, 0.1) is 19.7 Å². The summed E-state index contributed by atoms with van der Waals surface area (Å²) >= 11 is 3.35. The van der Waals surface area contributed by atoms with E-state index < -0.39 is 0 Å². The van der Waals surface area contributed by atoms with Gasteiger partial charge in [-0.15, -0.1) is 0 Å². The molecule has 0 saturated carbocycles. The van der Waals surface area contributed by atoms with Crippen LogP contribution < -0.4 is 0 Å². The number of rotatable bonds is 1. The molecule has 2 aromatic rings. The van der Waals surface area contributed by atoms with Gasteiger partial charge >= 0.3 is 0 Å². The van der Waals surface area contributed by atoms with E-state index in [9.17, 15) is 4.39 Å². The minimum Gasteiger partial charge on any atom is -0.233 e. The molecule has 4 heteroatoms. The van der Waals surface area contributed by atoms with Crippen molar-refractivity contribution in [3.8, 4) is 11.4 Å². The fourth-order valence-corrected chi connectivity index (χ4v) is 1.81. The van der Waals surface area contributed by atoms with Crippen LogP contribution in [0.15, 0.2) is 28.9 Å². The molecule has 0 atom stereocenters. The molecule has 0 aliphatic rings. The zero-order valence-corrected chi connectivity index (χ0v) is 10.5. The van der Waals surface area contributed by atoms with Gasteiger partial charge < -0.3 is 0 Å². The lowest BCUT2D eigenvalue weighted by molar-refractivity contribution is 0.629. The van der Waals surface area contributed by atoms with E-state index in [1.807, 2.05) is 13.8 Å². The van der Waals surface area contributed by atoms with E-state index in [1.54, 1.807) is 18.2 Å².